The molecule has 26 heteroatoms. The van der Waals surface area contributed by atoms with Crippen LogP contribution in [0, 0.1) is 20.2 Å². The number of nitro groups is 2. The number of aromatic hydroxyl groups is 4. The summed E-state index contributed by atoms with van der Waals surface area (Å²) >= 11 is 0. The fourth-order valence-electron chi connectivity index (χ4n) is 4.33. The van der Waals surface area contributed by atoms with Crippen LogP contribution < -0.4 is 0 Å². The summed E-state index contributed by atoms with van der Waals surface area (Å²) in [7, 11) is -10.2. The van der Waals surface area contributed by atoms with Gasteiger partial charge in [-0.25, -0.2) is 0 Å². The van der Waals surface area contributed by atoms with E-state index in [4.69, 9.17) is 0 Å². The number of hydrogen-bond donors (Lipinski definition) is 6. The van der Waals surface area contributed by atoms with Crippen LogP contribution in [0.2, 0.25) is 0 Å². The van der Waals surface area contributed by atoms with Crippen LogP contribution in [-0.2, 0) is 20.2 Å². The van der Waals surface area contributed by atoms with Crippen LogP contribution in [0.3, 0.4) is 0 Å². The van der Waals surface area contributed by atoms with Gasteiger partial charge < -0.3 is 20.4 Å². The van der Waals surface area contributed by atoms with Crippen molar-refractivity contribution in [3.05, 3.63) is 93.0 Å². The molecule has 0 heterocycles. The summed E-state index contributed by atoms with van der Waals surface area (Å²) in [5.41, 5.74) is -3.92. The molecule has 54 heavy (non-hydrogen) atoms. The molecule has 0 aliphatic rings. The molecular formula is C28H18N8Na2O14S2. The first-order chi connectivity index (χ1) is 24.3. The molecular weight excluding hydrogens is 782 g/mol. The summed E-state index contributed by atoms with van der Waals surface area (Å²) in [5.74, 6) is -3.40. The number of azo groups is 3. The maximum atomic E-state index is 12.2. The van der Waals surface area contributed by atoms with Crippen molar-refractivity contribution in [3.8, 4) is 23.0 Å². The van der Waals surface area contributed by atoms with Crippen LogP contribution in [0.4, 0.5) is 45.5 Å². The molecule has 0 aliphatic carbocycles. The molecule has 5 aromatic carbocycles. The number of nitro benzene ring substituents is 2. The fourth-order valence-corrected chi connectivity index (χ4v) is 5.51. The predicted molar refractivity (Wildman–Crippen MR) is 187 cm³/mol. The van der Waals surface area contributed by atoms with Crippen LogP contribution in [0.1, 0.15) is 0 Å². The average molecular weight is 801 g/mol. The molecule has 0 aliphatic heterocycles. The second kappa shape index (κ2) is 17.0. The van der Waals surface area contributed by atoms with Gasteiger partial charge in [-0.05, 0) is 53.9 Å². The monoisotopic (exact) mass is 800 g/mol. The van der Waals surface area contributed by atoms with Crippen molar-refractivity contribution >= 4 is 136 Å². The van der Waals surface area contributed by atoms with E-state index in [1.54, 1.807) is 0 Å². The Hall–Kier alpha value is -5.02. The number of rotatable bonds is 10. The van der Waals surface area contributed by atoms with E-state index in [0.717, 1.165) is 24.3 Å². The van der Waals surface area contributed by atoms with Gasteiger partial charge in [-0.1, -0.05) is 6.07 Å². The molecule has 0 spiro atoms. The molecule has 0 saturated carbocycles. The van der Waals surface area contributed by atoms with Gasteiger partial charge in [-0.3, -0.25) is 29.3 Å². The van der Waals surface area contributed by atoms with Crippen molar-refractivity contribution in [3.63, 3.8) is 0 Å². The minimum atomic E-state index is -5.17. The van der Waals surface area contributed by atoms with E-state index in [0.29, 0.717) is 12.1 Å². The van der Waals surface area contributed by atoms with Crippen LogP contribution in [0.25, 0.3) is 10.8 Å². The van der Waals surface area contributed by atoms with E-state index in [2.05, 4.69) is 30.7 Å². The quantitative estimate of drug-likeness (QED) is 0.0290. The Morgan fingerprint density at radius 1 is 0.556 bits per heavy atom. The normalized spacial score (nSPS) is 11.9. The fraction of sp³-hybridized carbons (Fsp3) is 0. The van der Waals surface area contributed by atoms with Gasteiger partial charge in [-0.15, -0.1) is 20.5 Å². The van der Waals surface area contributed by atoms with Gasteiger partial charge in [0.15, 0.2) is 17.2 Å². The molecule has 0 saturated heterocycles. The number of fused-ring (bicyclic) bond motifs is 1. The van der Waals surface area contributed by atoms with E-state index in [-0.39, 0.29) is 92.6 Å². The van der Waals surface area contributed by atoms with Crippen molar-refractivity contribution in [2.45, 2.75) is 9.79 Å². The van der Waals surface area contributed by atoms with Crippen molar-refractivity contribution in [1.82, 2.24) is 0 Å². The Labute approximate surface area is 345 Å². The van der Waals surface area contributed by atoms with Crippen molar-refractivity contribution in [2.24, 2.45) is 30.7 Å². The number of hydrogen-bond acceptors (Lipinski definition) is 18. The van der Waals surface area contributed by atoms with Gasteiger partial charge in [0.25, 0.3) is 25.9 Å². The van der Waals surface area contributed by atoms with Crippen molar-refractivity contribution in [1.29, 1.82) is 0 Å². The van der Waals surface area contributed by atoms with E-state index in [9.17, 15) is 66.6 Å². The van der Waals surface area contributed by atoms with E-state index in [1.807, 2.05) is 0 Å². The van der Waals surface area contributed by atoms with Gasteiger partial charge in [0, 0.05) is 82.7 Å². The molecule has 0 amide bonds. The molecule has 22 nitrogen and oxygen atoms in total. The SMILES string of the molecule is O=[N+]([O-])c1ccc(N=Nc2c(O)ccc(N=Nc3ccc4cc(S(=O)(=O)O)c(N=Nc5cc(S(=O)(=O)O)cc([N+](=O)[O-])c5O)c(O)c4c3)c2O)cc1.[Na].[Na]. The second-order valence-electron chi connectivity index (χ2n) is 10.2. The summed E-state index contributed by atoms with van der Waals surface area (Å²) in [6.07, 6.45) is 0. The summed E-state index contributed by atoms with van der Waals surface area (Å²) in [6, 6.07) is 12.5. The predicted octanol–water partition coefficient (Wildman–Crippen LogP) is 6.46. The maximum Gasteiger partial charge on any atom is 0.314 e. The van der Waals surface area contributed by atoms with E-state index in [1.165, 1.54) is 36.4 Å². The molecule has 5 rings (SSSR count). The molecule has 0 fully saturated rings. The summed E-state index contributed by atoms with van der Waals surface area (Å²) in [6.45, 7) is 0. The standard InChI is InChI=1S/C28H18N8O14S2.2Na/c37-22-8-7-19(28(40)24(22)33-29-14-3-5-16(6-4-14)35(41)42)31-30-15-2-1-13-9-23(52(48,49)50)25(26(38)18(13)10-15)34-32-20-11-17(51(45,46)47)12-21(27(20)39)36(43)44;;/h1-12,37-40H,(H,45,46,47)(H,48,49,50);;. The number of phenols is 4. The minimum absolute atomic E-state index is 0. The number of phenolic OH excluding ortho intramolecular Hbond substituents is 4. The molecule has 0 aromatic heterocycles. The zero-order valence-corrected chi connectivity index (χ0v) is 32.9. The second-order valence-corrected chi connectivity index (χ2v) is 13.0. The van der Waals surface area contributed by atoms with Gasteiger partial charge in [0.05, 0.1) is 21.2 Å². The Balaban J connectivity index is 0.00000392. The summed E-state index contributed by atoms with van der Waals surface area (Å²) in [4.78, 5) is 18.2. The van der Waals surface area contributed by atoms with Crippen LogP contribution >= 0.6 is 0 Å². The molecule has 6 N–H and O–H groups in total. The number of nitrogens with zero attached hydrogens (tertiary/aromatic N) is 8. The van der Waals surface area contributed by atoms with E-state index < -0.39 is 85.6 Å². The third-order valence-electron chi connectivity index (χ3n) is 6.82. The van der Waals surface area contributed by atoms with Crippen LogP contribution in [0.15, 0.2) is 113 Å². The zero-order valence-electron chi connectivity index (χ0n) is 27.3. The third kappa shape index (κ3) is 9.55. The van der Waals surface area contributed by atoms with Crippen molar-refractivity contribution < 1.29 is 56.2 Å². The Morgan fingerprint density at radius 2 is 1.15 bits per heavy atom. The van der Waals surface area contributed by atoms with Crippen molar-refractivity contribution in [2.75, 3.05) is 0 Å². The maximum absolute atomic E-state index is 12.2. The molecule has 2 radical (unpaired) electrons. The Kier molecular flexibility index (Phi) is 13.6. The zero-order chi connectivity index (χ0) is 38.1. The molecule has 5 aromatic rings. The third-order valence-corrected chi connectivity index (χ3v) is 8.52. The Bertz CT molecular complexity index is 2640. The number of benzene rings is 5. The summed E-state index contributed by atoms with van der Waals surface area (Å²) < 4.78 is 66.9. The largest absolute Gasteiger partial charge is 0.505 e. The van der Waals surface area contributed by atoms with Gasteiger partial charge >= 0.3 is 5.69 Å². The van der Waals surface area contributed by atoms with Gasteiger partial charge in [-0.2, -0.15) is 27.1 Å². The minimum Gasteiger partial charge on any atom is -0.505 e. The molecule has 0 bridgehead atoms. The number of non-ortho nitro benzene ring substituents is 1. The summed E-state index contributed by atoms with van der Waals surface area (Å²) in [5, 5.41) is 86.5. The molecule has 268 valence electrons. The Morgan fingerprint density at radius 3 is 1.74 bits per heavy atom. The van der Waals surface area contributed by atoms with Crippen LogP contribution in [-0.4, -0.2) is 115 Å². The van der Waals surface area contributed by atoms with Crippen LogP contribution in [0.5, 0.6) is 23.0 Å². The first-order valence-corrected chi connectivity index (χ1v) is 16.5. The smallest absolute Gasteiger partial charge is 0.314 e. The molecule has 0 atom stereocenters. The van der Waals surface area contributed by atoms with Gasteiger partial charge in [0.2, 0.25) is 5.75 Å². The topological polar surface area (TPSA) is 350 Å². The average Bonchev–Trinajstić information content (AvgIpc) is 3.07. The molecule has 0 unspecified atom stereocenters. The first kappa shape index (κ1) is 43.4. The van der Waals surface area contributed by atoms with E-state index >= 15 is 0 Å². The first-order valence-electron chi connectivity index (χ1n) is 13.7. The van der Waals surface area contributed by atoms with Gasteiger partial charge in [0.1, 0.15) is 32.6 Å².